The topological polar surface area (TPSA) is 42.9 Å². The van der Waals surface area contributed by atoms with E-state index in [2.05, 4.69) is 10.2 Å². The Labute approximate surface area is 70.8 Å². The highest BCUT2D eigenvalue weighted by molar-refractivity contribution is 5.99. The fourth-order valence-electron chi connectivity index (χ4n) is 1.67. The maximum atomic E-state index is 11.4. The molecule has 0 aromatic carbocycles. The van der Waals surface area contributed by atoms with Crippen molar-refractivity contribution >= 4 is 5.78 Å². The van der Waals surface area contributed by atoms with Gasteiger partial charge >= 0.3 is 0 Å². The van der Waals surface area contributed by atoms with Gasteiger partial charge in [-0.2, -0.15) is 10.2 Å². The van der Waals surface area contributed by atoms with Crippen molar-refractivity contribution < 1.29 is 4.79 Å². The van der Waals surface area contributed by atoms with Gasteiger partial charge in [-0.15, -0.1) is 0 Å². The van der Waals surface area contributed by atoms with Gasteiger partial charge in [0.25, 0.3) is 0 Å². The smallest absolute Gasteiger partial charge is 0.165 e. The minimum absolute atomic E-state index is 0.226. The lowest BCUT2D eigenvalue weighted by atomic mass is 9.91. The fraction of sp³-hybridized carbons (Fsp3) is 0.444. The average Bonchev–Trinajstić information content (AvgIpc) is 2.04. The maximum Gasteiger partial charge on any atom is 0.165 e. The molecule has 1 aliphatic carbocycles. The zero-order chi connectivity index (χ0) is 8.55. The van der Waals surface area contributed by atoms with Gasteiger partial charge in [0, 0.05) is 12.0 Å². The standard InChI is InChI=1S/C9H10N2O/c1-6-9-7(5-10-11-6)3-2-4-8(9)12/h5H,2-4H2,1H3. The van der Waals surface area contributed by atoms with Gasteiger partial charge in [-0.25, -0.2) is 0 Å². The molecular weight excluding hydrogens is 152 g/mol. The number of hydrogen-bond acceptors (Lipinski definition) is 3. The summed E-state index contributed by atoms with van der Waals surface area (Å²) in [4.78, 5) is 11.4. The van der Waals surface area contributed by atoms with Gasteiger partial charge in [-0.05, 0) is 25.3 Å². The lowest BCUT2D eigenvalue weighted by Gasteiger charge is -2.14. The Morgan fingerprint density at radius 1 is 1.42 bits per heavy atom. The van der Waals surface area contributed by atoms with Gasteiger partial charge in [0.1, 0.15) is 0 Å². The first-order valence-corrected chi connectivity index (χ1v) is 4.13. The van der Waals surface area contributed by atoms with Crippen LogP contribution in [0.3, 0.4) is 0 Å². The van der Waals surface area contributed by atoms with Gasteiger partial charge in [0.05, 0.1) is 11.9 Å². The van der Waals surface area contributed by atoms with Crippen LogP contribution in [0.25, 0.3) is 0 Å². The van der Waals surface area contributed by atoms with Crippen LogP contribution in [0.15, 0.2) is 6.20 Å². The van der Waals surface area contributed by atoms with Crippen LogP contribution in [-0.4, -0.2) is 16.0 Å². The first-order valence-electron chi connectivity index (χ1n) is 4.13. The molecule has 0 bridgehead atoms. The number of rotatable bonds is 0. The molecule has 0 atom stereocenters. The van der Waals surface area contributed by atoms with E-state index in [1.54, 1.807) is 6.20 Å². The molecule has 0 unspecified atom stereocenters. The molecule has 0 radical (unpaired) electrons. The van der Waals surface area contributed by atoms with E-state index in [1.807, 2.05) is 6.92 Å². The molecule has 12 heavy (non-hydrogen) atoms. The molecule has 3 nitrogen and oxygen atoms in total. The molecule has 0 saturated heterocycles. The van der Waals surface area contributed by atoms with Gasteiger partial charge < -0.3 is 0 Å². The zero-order valence-electron chi connectivity index (χ0n) is 7.00. The lowest BCUT2D eigenvalue weighted by molar-refractivity contribution is 0.0971. The van der Waals surface area contributed by atoms with Gasteiger partial charge in [-0.1, -0.05) is 0 Å². The van der Waals surface area contributed by atoms with Crippen LogP contribution in [-0.2, 0) is 6.42 Å². The van der Waals surface area contributed by atoms with Crippen LogP contribution < -0.4 is 0 Å². The Morgan fingerprint density at radius 2 is 2.25 bits per heavy atom. The minimum atomic E-state index is 0.226. The van der Waals surface area contributed by atoms with Crippen molar-refractivity contribution in [3.05, 3.63) is 23.0 Å². The number of carbonyl (C=O) groups is 1. The monoisotopic (exact) mass is 162 g/mol. The lowest BCUT2D eigenvalue weighted by Crippen LogP contribution is -2.14. The molecule has 0 saturated carbocycles. The minimum Gasteiger partial charge on any atom is -0.294 e. The summed E-state index contributed by atoms with van der Waals surface area (Å²) in [5.41, 5.74) is 2.66. The molecule has 1 aromatic rings. The number of carbonyl (C=O) groups excluding carboxylic acids is 1. The highest BCUT2D eigenvalue weighted by Crippen LogP contribution is 2.21. The number of aryl methyl sites for hydroxylation is 2. The van der Waals surface area contributed by atoms with Crippen LogP contribution >= 0.6 is 0 Å². The van der Waals surface area contributed by atoms with E-state index in [1.165, 1.54) is 0 Å². The Kier molecular flexibility index (Phi) is 1.64. The average molecular weight is 162 g/mol. The second-order valence-corrected chi connectivity index (χ2v) is 3.11. The van der Waals surface area contributed by atoms with E-state index in [4.69, 9.17) is 0 Å². The highest BCUT2D eigenvalue weighted by atomic mass is 16.1. The van der Waals surface area contributed by atoms with E-state index >= 15 is 0 Å². The van der Waals surface area contributed by atoms with Crippen LogP contribution in [0, 0.1) is 6.92 Å². The summed E-state index contributed by atoms with van der Waals surface area (Å²) < 4.78 is 0. The summed E-state index contributed by atoms with van der Waals surface area (Å²) in [6, 6.07) is 0. The number of fused-ring (bicyclic) bond motifs is 1. The summed E-state index contributed by atoms with van der Waals surface area (Å²) in [6.07, 6.45) is 4.30. The maximum absolute atomic E-state index is 11.4. The third kappa shape index (κ3) is 1.02. The van der Waals surface area contributed by atoms with E-state index in [0.717, 1.165) is 29.7 Å². The quantitative estimate of drug-likeness (QED) is 0.577. The molecule has 0 N–H and O–H groups in total. The largest absolute Gasteiger partial charge is 0.294 e. The van der Waals surface area contributed by atoms with Crippen LogP contribution in [0.1, 0.15) is 34.5 Å². The van der Waals surface area contributed by atoms with Crippen molar-refractivity contribution in [2.45, 2.75) is 26.2 Å². The van der Waals surface area contributed by atoms with Crippen molar-refractivity contribution in [1.82, 2.24) is 10.2 Å². The number of Topliss-reactive ketones (excluding diaryl/α,β-unsaturated/α-hetero) is 1. The predicted molar refractivity (Wildman–Crippen MR) is 44.0 cm³/mol. The van der Waals surface area contributed by atoms with Crippen LogP contribution in [0.4, 0.5) is 0 Å². The molecule has 0 aliphatic heterocycles. The summed E-state index contributed by atoms with van der Waals surface area (Å²) in [6.45, 7) is 1.84. The molecular formula is C9H10N2O. The van der Waals surface area contributed by atoms with E-state index < -0.39 is 0 Å². The molecule has 1 heterocycles. The molecule has 3 heteroatoms. The molecule has 1 aliphatic rings. The van der Waals surface area contributed by atoms with Crippen LogP contribution in [0.2, 0.25) is 0 Å². The van der Waals surface area contributed by atoms with Crippen molar-refractivity contribution in [2.24, 2.45) is 0 Å². The Hall–Kier alpha value is -1.25. The zero-order valence-corrected chi connectivity index (χ0v) is 7.00. The predicted octanol–water partition coefficient (Wildman–Crippen LogP) is 1.30. The molecule has 2 rings (SSSR count). The summed E-state index contributed by atoms with van der Waals surface area (Å²) in [5, 5.41) is 7.70. The van der Waals surface area contributed by atoms with Gasteiger partial charge in [0.2, 0.25) is 0 Å². The molecule has 1 aromatic heterocycles. The SMILES string of the molecule is Cc1nncc2c1C(=O)CCC2. The Bertz CT molecular complexity index is 333. The van der Waals surface area contributed by atoms with Crippen LogP contribution in [0.5, 0.6) is 0 Å². The third-order valence-electron chi connectivity index (χ3n) is 2.23. The molecule has 0 spiro atoms. The molecule has 0 fully saturated rings. The van der Waals surface area contributed by atoms with Crippen molar-refractivity contribution in [1.29, 1.82) is 0 Å². The molecule has 0 amide bonds. The summed E-state index contributed by atoms with van der Waals surface area (Å²) in [5.74, 6) is 0.226. The van der Waals surface area contributed by atoms with Crippen molar-refractivity contribution in [3.8, 4) is 0 Å². The fourth-order valence-corrected chi connectivity index (χ4v) is 1.67. The van der Waals surface area contributed by atoms with E-state index in [9.17, 15) is 4.79 Å². The summed E-state index contributed by atoms with van der Waals surface area (Å²) >= 11 is 0. The Balaban J connectivity index is 2.60. The van der Waals surface area contributed by atoms with Gasteiger partial charge in [0.15, 0.2) is 5.78 Å². The molecule has 62 valence electrons. The van der Waals surface area contributed by atoms with E-state index in [-0.39, 0.29) is 5.78 Å². The first kappa shape index (κ1) is 7.40. The first-order chi connectivity index (χ1) is 5.79. The number of nitrogens with zero attached hydrogens (tertiary/aromatic N) is 2. The normalized spacial score (nSPS) is 15.9. The number of hydrogen-bond donors (Lipinski definition) is 0. The third-order valence-corrected chi connectivity index (χ3v) is 2.23. The Morgan fingerprint density at radius 3 is 3.00 bits per heavy atom. The second kappa shape index (κ2) is 2.66. The summed E-state index contributed by atoms with van der Waals surface area (Å²) in [7, 11) is 0. The number of aromatic nitrogens is 2. The second-order valence-electron chi connectivity index (χ2n) is 3.11. The van der Waals surface area contributed by atoms with Gasteiger partial charge in [-0.3, -0.25) is 4.79 Å². The van der Waals surface area contributed by atoms with E-state index in [0.29, 0.717) is 6.42 Å². The number of ketones is 1. The van der Waals surface area contributed by atoms with Crippen molar-refractivity contribution in [2.75, 3.05) is 0 Å². The highest BCUT2D eigenvalue weighted by Gasteiger charge is 2.19. The van der Waals surface area contributed by atoms with Crippen molar-refractivity contribution in [3.63, 3.8) is 0 Å².